The maximum Gasteiger partial charge on any atom is 0.220 e. The Kier molecular flexibility index (Phi) is 9.20. The molecule has 3 rings (SSSR count). The van der Waals surface area contributed by atoms with Crippen LogP contribution in [0.3, 0.4) is 0 Å². The molecular weight excluding hydrogens is 370 g/mol. The van der Waals surface area contributed by atoms with Gasteiger partial charge in [-0.1, -0.05) is 31.2 Å². The monoisotopic (exact) mass is 413 g/mol. The molecule has 2 fully saturated rings. The minimum absolute atomic E-state index is 0.231. The zero-order valence-electron chi connectivity index (χ0n) is 19.5. The molecule has 0 aliphatic carbocycles. The number of piperidine rings is 2. The molecule has 0 saturated carbocycles. The number of nitrogens with zero attached hydrogens (tertiary/aromatic N) is 2. The number of benzene rings is 1. The standard InChI is InChI=1S/C26H43N3O/c1-4-28-15-10-25(11-16-28)20-26(30)27-14-9-22-5-7-23(8-6-22)19-24-12-17-29(18-13-24)21(2)3/h5-8,21,24-25H,4,9-20H2,1-3H3,(H,27,30). The van der Waals surface area contributed by atoms with Gasteiger partial charge in [0.1, 0.15) is 0 Å². The molecule has 0 unspecified atom stereocenters. The van der Waals surface area contributed by atoms with Crippen molar-refractivity contribution in [2.24, 2.45) is 11.8 Å². The molecule has 0 spiro atoms. The van der Waals surface area contributed by atoms with Gasteiger partial charge in [0, 0.05) is 19.0 Å². The molecule has 2 aliphatic rings. The second-order valence-electron chi connectivity index (χ2n) is 9.78. The molecule has 2 saturated heterocycles. The average molecular weight is 414 g/mol. The van der Waals surface area contributed by atoms with Gasteiger partial charge in [-0.3, -0.25) is 4.79 Å². The number of nitrogens with one attached hydrogen (secondary N) is 1. The second-order valence-corrected chi connectivity index (χ2v) is 9.78. The molecule has 0 bridgehead atoms. The maximum atomic E-state index is 12.3. The van der Waals surface area contributed by atoms with Crippen LogP contribution >= 0.6 is 0 Å². The molecule has 2 heterocycles. The Morgan fingerprint density at radius 2 is 1.57 bits per heavy atom. The Hall–Kier alpha value is -1.39. The minimum Gasteiger partial charge on any atom is -0.356 e. The Bertz CT molecular complexity index is 626. The highest BCUT2D eigenvalue weighted by molar-refractivity contribution is 5.76. The molecule has 0 aromatic heterocycles. The van der Waals surface area contributed by atoms with E-state index in [1.165, 1.54) is 56.3 Å². The number of hydrogen-bond donors (Lipinski definition) is 1. The Balaban J connectivity index is 1.31. The van der Waals surface area contributed by atoms with Crippen LogP contribution in [0, 0.1) is 11.8 Å². The highest BCUT2D eigenvalue weighted by Gasteiger charge is 2.21. The van der Waals surface area contributed by atoms with Crippen molar-refractivity contribution >= 4 is 5.91 Å². The Morgan fingerprint density at radius 3 is 2.17 bits per heavy atom. The normalized spacial score (nSPS) is 20.0. The number of hydrogen-bond acceptors (Lipinski definition) is 3. The first-order valence-corrected chi connectivity index (χ1v) is 12.3. The van der Waals surface area contributed by atoms with Crippen molar-refractivity contribution in [2.45, 2.75) is 71.8 Å². The lowest BCUT2D eigenvalue weighted by Gasteiger charge is -2.34. The van der Waals surface area contributed by atoms with Crippen LogP contribution in [0.25, 0.3) is 0 Å². The van der Waals surface area contributed by atoms with E-state index in [1.807, 2.05) is 0 Å². The smallest absolute Gasteiger partial charge is 0.220 e. The molecule has 1 aromatic carbocycles. The zero-order valence-corrected chi connectivity index (χ0v) is 19.5. The van der Waals surface area contributed by atoms with Gasteiger partial charge in [-0.15, -0.1) is 0 Å². The lowest BCUT2D eigenvalue weighted by molar-refractivity contribution is -0.122. The quantitative estimate of drug-likeness (QED) is 0.661. The van der Waals surface area contributed by atoms with Crippen molar-refractivity contribution in [1.82, 2.24) is 15.1 Å². The fraction of sp³-hybridized carbons (Fsp3) is 0.731. The van der Waals surface area contributed by atoms with Gasteiger partial charge in [0.25, 0.3) is 0 Å². The average Bonchev–Trinajstić information content (AvgIpc) is 2.76. The van der Waals surface area contributed by atoms with Crippen molar-refractivity contribution < 1.29 is 4.79 Å². The van der Waals surface area contributed by atoms with Crippen LogP contribution in [0.1, 0.15) is 64.0 Å². The van der Waals surface area contributed by atoms with Crippen LogP contribution in [0.4, 0.5) is 0 Å². The SMILES string of the molecule is CCN1CCC(CC(=O)NCCc2ccc(CC3CCN(C(C)C)CC3)cc2)CC1. The van der Waals surface area contributed by atoms with Gasteiger partial charge in [0.05, 0.1) is 0 Å². The number of carbonyl (C=O) groups is 1. The summed E-state index contributed by atoms with van der Waals surface area (Å²) in [5, 5.41) is 3.14. The fourth-order valence-corrected chi connectivity index (χ4v) is 5.04. The summed E-state index contributed by atoms with van der Waals surface area (Å²) in [6, 6.07) is 9.79. The van der Waals surface area contributed by atoms with Crippen LogP contribution in [0.2, 0.25) is 0 Å². The van der Waals surface area contributed by atoms with E-state index in [0.29, 0.717) is 18.4 Å². The highest BCUT2D eigenvalue weighted by atomic mass is 16.1. The lowest BCUT2D eigenvalue weighted by atomic mass is 9.89. The van der Waals surface area contributed by atoms with E-state index < -0.39 is 0 Å². The van der Waals surface area contributed by atoms with Gasteiger partial charge >= 0.3 is 0 Å². The summed E-state index contributed by atoms with van der Waals surface area (Å²) < 4.78 is 0. The van der Waals surface area contributed by atoms with Crippen LogP contribution in [-0.4, -0.2) is 61.0 Å². The third kappa shape index (κ3) is 7.39. The summed E-state index contributed by atoms with van der Waals surface area (Å²) in [6.07, 6.45) is 7.81. The summed E-state index contributed by atoms with van der Waals surface area (Å²) >= 11 is 0. The predicted molar refractivity (Wildman–Crippen MR) is 126 cm³/mol. The third-order valence-corrected chi connectivity index (χ3v) is 7.29. The number of amides is 1. The molecule has 0 atom stereocenters. The highest BCUT2D eigenvalue weighted by Crippen LogP contribution is 2.23. The van der Waals surface area contributed by atoms with Crippen molar-refractivity contribution in [3.63, 3.8) is 0 Å². The van der Waals surface area contributed by atoms with Crippen LogP contribution in [0.5, 0.6) is 0 Å². The molecule has 30 heavy (non-hydrogen) atoms. The summed E-state index contributed by atoms with van der Waals surface area (Å²) in [4.78, 5) is 17.3. The first-order chi connectivity index (χ1) is 14.5. The molecule has 1 amide bonds. The van der Waals surface area contributed by atoms with Crippen LogP contribution in [-0.2, 0) is 17.6 Å². The summed E-state index contributed by atoms with van der Waals surface area (Å²) in [7, 11) is 0. The van der Waals surface area contributed by atoms with Crippen LogP contribution in [0.15, 0.2) is 24.3 Å². The van der Waals surface area contributed by atoms with Gasteiger partial charge in [-0.25, -0.2) is 0 Å². The van der Waals surface area contributed by atoms with E-state index >= 15 is 0 Å². The van der Waals surface area contributed by atoms with Crippen molar-refractivity contribution in [3.8, 4) is 0 Å². The Labute approximate surface area is 184 Å². The molecule has 168 valence electrons. The summed E-state index contributed by atoms with van der Waals surface area (Å²) in [5.41, 5.74) is 2.79. The second kappa shape index (κ2) is 11.9. The van der Waals surface area contributed by atoms with Crippen molar-refractivity contribution in [1.29, 1.82) is 0 Å². The van der Waals surface area contributed by atoms with E-state index in [2.05, 4.69) is 60.2 Å². The van der Waals surface area contributed by atoms with Gasteiger partial charge in [0.15, 0.2) is 0 Å². The van der Waals surface area contributed by atoms with Gasteiger partial charge in [-0.05, 0) is 108 Å². The Morgan fingerprint density at radius 1 is 0.967 bits per heavy atom. The molecule has 0 radical (unpaired) electrons. The summed E-state index contributed by atoms with van der Waals surface area (Å²) in [6.45, 7) is 13.5. The minimum atomic E-state index is 0.231. The molecule has 1 N–H and O–H groups in total. The first kappa shape index (κ1) is 23.3. The largest absolute Gasteiger partial charge is 0.356 e. The molecule has 2 aliphatic heterocycles. The number of rotatable bonds is 9. The molecule has 4 nitrogen and oxygen atoms in total. The number of carbonyl (C=O) groups excluding carboxylic acids is 1. The number of likely N-dealkylation sites (tertiary alicyclic amines) is 2. The van der Waals surface area contributed by atoms with E-state index in [4.69, 9.17) is 0 Å². The molecule has 4 heteroatoms. The molecular formula is C26H43N3O. The van der Waals surface area contributed by atoms with Gasteiger partial charge in [-0.2, -0.15) is 0 Å². The van der Waals surface area contributed by atoms with Crippen molar-refractivity contribution in [3.05, 3.63) is 35.4 Å². The van der Waals surface area contributed by atoms with E-state index in [0.717, 1.165) is 38.5 Å². The summed E-state index contributed by atoms with van der Waals surface area (Å²) in [5.74, 6) is 1.63. The van der Waals surface area contributed by atoms with Crippen LogP contribution < -0.4 is 5.32 Å². The van der Waals surface area contributed by atoms with Crippen molar-refractivity contribution in [2.75, 3.05) is 39.3 Å². The fourth-order valence-electron chi connectivity index (χ4n) is 5.04. The molecule has 1 aromatic rings. The zero-order chi connectivity index (χ0) is 21.3. The maximum absolute atomic E-state index is 12.3. The lowest BCUT2D eigenvalue weighted by Crippen LogP contribution is -2.38. The van der Waals surface area contributed by atoms with E-state index in [9.17, 15) is 4.79 Å². The van der Waals surface area contributed by atoms with Gasteiger partial charge < -0.3 is 15.1 Å². The predicted octanol–water partition coefficient (Wildman–Crippen LogP) is 4.13. The first-order valence-electron chi connectivity index (χ1n) is 12.3. The van der Waals surface area contributed by atoms with E-state index in [1.54, 1.807) is 0 Å². The topological polar surface area (TPSA) is 35.6 Å². The third-order valence-electron chi connectivity index (χ3n) is 7.29. The van der Waals surface area contributed by atoms with Gasteiger partial charge in [0.2, 0.25) is 5.91 Å². The van der Waals surface area contributed by atoms with E-state index in [-0.39, 0.29) is 5.91 Å².